The summed E-state index contributed by atoms with van der Waals surface area (Å²) < 4.78 is 47.4. The number of amides is 3. The van der Waals surface area contributed by atoms with E-state index in [0.717, 1.165) is 33.2 Å². The zero-order chi connectivity index (χ0) is 55.5. The van der Waals surface area contributed by atoms with Gasteiger partial charge in [-0.3, -0.25) is 0 Å². The van der Waals surface area contributed by atoms with Gasteiger partial charge >= 0.3 is 18.3 Å². The number of fused-ring (bicyclic) bond motifs is 3. The van der Waals surface area contributed by atoms with Crippen LogP contribution in [0.4, 0.5) is 18.8 Å². The monoisotopic (exact) mass is 1130 g/mol. The lowest BCUT2D eigenvalue weighted by molar-refractivity contribution is -0.0331. The van der Waals surface area contributed by atoms with Crippen LogP contribution in [0.25, 0.3) is 33.5 Å². The number of aromatic amines is 3. The Morgan fingerprint density at radius 1 is 0.537 bits per heavy atom. The molecule has 0 aliphatic carbocycles. The number of rotatable bonds is 9. The van der Waals surface area contributed by atoms with Crippen LogP contribution in [0.3, 0.4) is 0 Å². The number of H-pyrrole nitrogens is 3. The maximum Gasteiger partial charge on any atom is 0.410 e. The van der Waals surface area contributed by atoms with Crippen molar-refractivity contribution in [2.75, 3.05) is 59.1 Å². The minimum Gasteiger partial charge on any atom is -0.444 e. The number of imidazole rings is 3. The van der Waals surface area contributed by atoms with Crippen molar-refractivity contribution in [3.05, 3.63) is 177 Å². The molecule has 6 aromatic heterocycles. The smallest absolute Gasteiger partial charge is 0.410 e. The Kier molecular flexibility index (Phi) is 17.7. The summed E-state index contributed by atoms with van der Waals surface area (Å²) in [5.74, 6) is 1.58. The van der Waals surface area contributed by atoms with E-state index in [1.54, 1.807) is 64.5 Å². The van der Waals surface area contributed by atoms with Crippen molar-refractivity contribution in [1.82, 2.24) is 59.6 Å². The molecular formula is C56H55Cl2FN12O9. The van der Waals surface area contributed by atoms with Crippen molar-refractivity contribution < 1.29 is 47.2 Å². The van der Waals surface area contributed by atoms with E-state index in [0.29, 0.717) is 115 Å². The highest BCUT2D eigenvalue weighted by Crippen LogP contribution is 2.27. The van der Waals surface area contributed by atoms with Gasteiger partial charge in [-0.25, -0.2) is 48.7 Å². The number of ether oxygens (including phenoxy) is 6. The van der Waals surface area contributed by atoms with E-state index in [-0.39, 0.29) is 37.8 Å². The molecule has 0 spiro atoms. The first-order chi connectivity index (χ1) is 38.9. The van der Waals surface area contributed by atoms with E-state index in [4.69, 9.17) is 51.6 Å². The number of carbonyl (C=O) groups excluding carboxylic acids is 3. The van der Waals surface area contributed by atoms with E-state index < -0.39 is 24.4 Å². The Balaban J connectivity index is 0.000000135. The summed E-state index contributed by atoms with van der Waals surface area (Å²) in [6, 6.07) is 29.2. The van der Waals surface area contributed by atoms with Gasteiger partial charge in [0.2, 0.25) is 0 Å². The zero-order valence-electron chi connectivity index (χ0n) is 43.5. The van der Waals surface area contributed by atoms with Crippen molar-refractivity contribution >= 4 is 75.0 Å². The summed E-state index contributed by atoms with van der Waals surface area (Å²) in [6.07, 6.45) is 2.68. The van der Waals surface area contributed by atoms with Gasteiger partial charge in [-0.1, -0.05) is 71.7 Å². The number of hydrogen-bond donors (Lipinski definition) is 3. The van der Waals surface area contributed by atoms with Gasteiger partial charge in [-0.05, 0) is 73.5 Å². The van der Waals surface area contributed by atoms with Crippen LogP contribution < -0.4 is 0 Å². The summed E-state index contributed by atoms with van der Waals surface area (Å²) in [5.41, 5.74) is 7.84. The Hall–Kier alpha value is -8.28. The molecule has 3 fully saturated rings. The average molecular weight is 1130 g/mol. The van der Waals surface area contributed by atoms with Crippen molar-refractivity contribution in [2.24, 2.45) is 0 Å². The number of benzene rings is 3. The molecule has 3 aliphatic rings. The fourth-order valence-corrected chi connectivity index (χ4v) is 9.37. The molecule has 80 heavy (non-hydrogen) atoms. The molecule has 3 amide bonds. The molecule has 21 nitrogen and oxygen atoms in total. The molecule has 3 aliphatic heterocycles. The lowest BCUT2D eigenvalue weighted by Gasteiger charge is -2.31. The van der Waals surface area contributed by atoms with Crippen LogP contribution in [0.1, 0.15) is 63.6 Å². The third kappa shape index (κ3) is 13.6. The van der Waals surface area contributed by atoms with Crippen LogP contribution in [0.15, 0.2) is 116 Å². The number of aromatic nitrogens is 9. The maximum absolute atomic E-state index is 14.0. The molecule has 0 bridgehead atoms. The van der Waals surface area contributed by atoms with Gasteiger partial charge in [0, 0.05) is 65.0 Å². The van der Waals surface area contributed by atoms with Crippen molar-refractivity contribution in [1.29, 1.82) is 0 Å². The number of morpholine rings is 3. The van der Waals surface area contributed by atoms with Crippen LogP contribution in [0.5, 0.6) is 0 Å². The molecule has 3 aromatic carbocycles. The van der Waals surface area contributed by atoms with Gasteiger partial charge in [-0.15, -0.1) is 0 Å². The minimum absolute atomic E-state index is 0.108. The minimum atomic E-state index is -0.501. The van der Waals surface area contributed by atoms with Crippen molar-refractivity contribution in [3.63, 3.8) is 0 Å². The molecule has 9 heterocycles. The quantitative estimate of drug-likeness (QED) is 0.114. The van der Waals surface area contributed by atoms with Gasteiger partial charge in [0.25, 0.3) is 0 Å². The number of pyridine rings is 3. The molecule has 0 saturated carbocycles. The van der Waals surface area contributed by atoms with Crippen molar-refractivity contribution in [2.45, 2.75) is 52.0 Å². The largest absolute Gasteiger partial charge is 0.444 e. The van der Waals surface area contributed by atoms with Gasteiger partial charge < -0.3 is 58.1 Å². The molecule has 0 radical (unpaired) electrons. The summed E-state index contributed by atoms with van der Waals surface area (Å²) >= 11 is 12.3. The highest BCUT2D eigenvalue weighted by molar-refractivity contribution is 6.31. The van der Waals surface area contributed by atoms with Crippen LogP contribution >= 0.6 is 23.2 Å². The molecular weight excluding hydrogens is 1070 g/mol. The third-order valence-corrected chi connectivity index (χ3v) is 13.9. The SMILES string of the molecule is Cc1ccc(COC(=O)N2CCO[C@H](c3nc4ncccc4[nH]3)C2)c(Cl)c1.Cc1cccc(COC(=O)N2CCO[C@H](c3nc4ncccc4[nH]3)C2)c1F.O=C(OCc1ccccc1Cl)N1CCO[C@H](c2nc3ncccc3[nH]2)C1. The van der Waals surface area contributed by atoms with Crippen LogP contribution in [-0.2, 0) is 48.2 Å². The second-order valence-corrected chi connectivity index (χ2v) is 19.6. The molecule has 9 aromatic rings. The Labute approximate surface area is 467 Å². The molecule has 3 N–H and O–H groups in total. The Bertz CT molecular complexity index is 3520. The predicted octanol–water partition coefficient (Wildman–Crippen LogP) is 10.1. The first kappa shape index (κ1) is 55.1. The summed E-state index contributed by atoms with van der Waals surface area (Å²) in [6.45, 7) is 7.35. The number of nitrogens with zero attached hydrogens (tertiary/aromatic N) is 9. The second kappa shape index (κ2) is 25.7. The van der Waals surface area contributed by atoms with Crippen LogP contribution in [0, 0.1) is 19.7 Å². The van der Waals surface area contributed by atoms with E-state index in [1.165, 1.54) is 0 Å². The maximum atomic E-state index is 14.0. The molecule has 3 saturated heterocycles. The fraction of sp³-hybridized carbons (Fsp3) is 0.304. The van der Waals surface area contributed by atoms with E-state index in [9.17, 15) is 18.8 Å². The Morgan fingerprint density at radius 3 is 1.38 bits per heavy atom. The lowest BCUT2D eigenvalue weighted by Crippen LogP contribution is -2.42. The van der Waals surface area contributed by atoms with Crippen molar-refractivity contribution in [3.8, 4) is 0 Å². The molecule has 12 rings (SSSR count). The molecule has 414 valence electrons. The van der Waals surface area contributed by atoms with Gasteiger partial charge in [0.15, 0.2) is 16.9 Å². The normalized spacial score (nSPS) is 17.3. The van der Waals surface area contributed by atoms with Crippen LogP contribution in [-0.4, -0.2) is 137 Å². The average Bonchev–Trinajstić information content (AvgIpc) is 4.28. The number of hydrogen-bond acceptors (Lipinski definition) is 15. The number of carbonyl (C=O) groups is 3. The lowest BCUT2D eigenvalue weighted by atomic mass is 10.1. The summed E-state index contributed by atoms with van der Waals surface area (Å²) in [7, 11) is 0. The highest BCUT2D eigenvalue weighted by atomic mass is 35.5. The van der Waals surface area contributed by atoms with E-state index >= 15 is 0 Å². The zero-order valence-corrected chi connectivity index (χ0v) is 45.0. The fourth-order valence-electron chi connectivity index (χ4n) is 8.89. The Morgan fingerprint density at radius 2 is 0.950 bits per heavy atom. The molecule has 0 unspecified atom stereocenters. The summed E-state index contributed by atoms with van der Waals surface area (Å²) in [4.78, 5) is 77.5. The number of nitrogens with one attached hydrogen (secondary N) is 3. The molecule has 3 atom stereocenters. The van der Waals surface area contributed by atoms with E-state index in [2.05, 4.69) is 44.9 Å². The number of halogens is 3. The first-order valence-corrected chi connectivity index (χ1v) is 26.4. The predicted molar refractivity (Wildman–Crippen MR) is 292 cm³/mol. The van der Waals surface area contributed by atoms with Gasteiger partial charge in [-0.2, -0.15) is 0 Å². The highest BCUT2D eigenvalue weighted by Gasteiger charge is 2.32. The second-order valence-electron chi connectivity index (χ2n) is 18.8. The standard InChI is InChI=1S/C19H19ClN4O3.C19H19FN4O3.C18H17ClN4O3/c1-12-4-5-13(14(20)9-12)11-27-19(25)24-7-8-26-16(10-24)18-22-15-3-2-6-21-17(15)23-18;1-12-4-2-5-13(16(12)20)11-27-19(25)24-8-9-26-15(10-24)18-22-14-6-3-7-21-17(14)23-18;19-13-5-2-1-4-12(13)11-26-18(24)23-8-9-25-15(10-23)17-21-14-6-3-7-20-16(14)22-17/h2-6,9,16H,7-8,10-11H2,1H3,(H,21,22,23);2-7,15H,8-11H2,1H3,(H,21,22,23);1-7,15H,8-11H2,(H,20,21,22)/t16-;2*15-/m000/s1. The number of aryl methyl sites for hydroxylation is 2. The third-order valence-electron chi connectivity index (χ3n) is 13.2. The molecule has 24 heteroatoms. The van der Waals surface area contributed by atoms with Gasteiger partial charge in [0.1, 0.15) is 61.4 Å². The topological polar surface area (TPSA) is 241 Å². The van der Waals surface area contributed by atoms with E-state index in [1.807, 2.05) is 79.7 Å². The summed E-state index contributed by atoms with van der Waals surface area (Å²) in [5, 5.41) is 1.17. The first-order valence-electron chi connectivity index (χ1n) is 25.7. The van der Waals surface area contributed by atoms with Crippen LogP contribution in [0.2, 0.25) is 10.0 Å². The van der Waals surface area contributed by atoms with Gasteiger partial charge in [0.05, 0.1) is 56.0 Å².